The second kappa shape index (κ2) is 7.14. The summed E-state index contributed by atoms with van der Waals surface area (Å²) in [7, 11) is 0. The Morgan fingerprint density at radius 3 is 2.68 bits per heavy atom. The first-order valence-electron chi connectivity index (χ1n) is 6.64. The van der Waals surface area contributed by atoms with Crippen LogP contribution in [-0.2, 0) is 4.74 Å². The fraction of sp³-hybridized carbons (Fsp3) is 0.533. The molecule has 106 valence electrons. The molecule has 0 aliphatic heterocycles. The average Bonchev–Trinajstić information content (AvgIpc) is 2.37. The lowest BCUT2D eigenvalue weighted by molar-refractivity contribution is 0.0804. The summed E-state index contributed by atoms with van der Waals surface area (Å²) in [5.74, 6) is 0.0426. The van der Waals surface area contributed by atoms with Crippen molar-refractivity contribution in [2.45, 2.75) is 33.7 Å². The molecule has 4 nitrogen and oxygen atoms in total. The number of phenolic OH excluding ortho intramolecular Hbond substituents is 1. The van der Waals surface area contributed by atoms with Crippen molar-refractivity contribution in [1.29, 1.82) is 0 Å². The Morgan fingerprint density at radius 1 is 1.42 bits per heavy atom. The smallest absolute Gasteiger partial charge is 0.255 e. The molecule has 2 N–H and O–H groups in total. The maximum absolute atomic E-state index is 12.2. The van der Waals surface area contributed by atoms with Crippen LogP contribution in [0.2, 0.25) is 0 Å². The number of aryl methyl sites for hydroxylation is 1. The van der Waals surface area contributed by atoms with Crippen molar-refractivity contribution in [2.75, 3.05) is 13.2 Å². The Kier molecular flexibility index (Phi) is 5.83. The van der Waals surface area contributed by atoms with E-state index in [4.69, 9.17) is 4.74 Å². The summed E-state index contributed by atoms with van der Waals surface area (Å²) in [4.78, 5) is 12.2. The van der Waals surface area contributed by atoms with E-state index in [1.54, 1.807) is 25.1 Å². The number of amides is 1. The summed E-state index contributed by atoms with van der Waals surface area (Å²) in [6, 6.07) is 5.09. The molecule has 1 atom stereocenters. The van der Waals surface area contributed by atoms with Crippen LogP contribution in [0.4, 0.5) is 0 Å². The maximum Gasteiger partial charge on any atom is 0.255 e. The van der Waals surface area contributed by atoms with Gasteiger partial charge in [0.05, 0.1) is 18.2 Å². The monoisotopic (exact) mass is 265 g/mol. The number of carbonyl (C=O) groups is 1. The molecule has 0 heterocycles. The van der Waals surface area contributed by atoms with Crippen molar-refractivity contribution >= 4 is 5.91 Å². The van der Waals surface area contributed by atoms with Crippen molar-refractivity contribution < 1.29 is 14.6 Å². The van der Waals surface area contributed by atoms with Crippen LogP contribution in [0.3, 0.4) is 0 Å². The third-order valence-corrected chi connectivity index (χ3v) is 3.11. The highest BCUT2D eigenvalue weighted by Crippen LogP contribution is 2.21. The first-order valence-corrected chi connectivity index (χ1v) is 6.64. The zero-order chi connectivity index (χ0) is 14.4. The van der Waals surface area contributed by atoms with Gasteiger partial charge in [0.25, 0.3) is 5.91 Å². The molecular formula is C15H23NO3. The molecule has 1 amide bonds. The lowest BCUT2D eigenvalue weighted by Gasteiger charge is -2.22. The quantitative estimate of drug-likeness (QED) is 0.830. The molecule has 4 heteroatoms. The van der Waals surface area contributed by atoms with Crippen LogP contribution in [0.5, 0.6) is 5.75 Å². The van der Waals surface area contributed by atoms with Gasteiger partial charge in [-0.1, -0.05) is 26.0 Å². The zero-order valence-corrected chi connectivity index (χ0v) is 12.1. The second-order valence-electron chi connectivity index (χ2n) is 4.95. The zero-order valence-electron chi connectivity index (χ0n) is 12.1. The van der Waals surface area contributed by atoms with Crippen molar-refractivity contribution in [3.8, 4) is 5.75 Å². The SMILES string of the molecule is CCOCC(NC(=O)c1cccc(C)c1O)C(C)C. The minimum atomic E-state index is -0.264. The topological polar surface area (TPSA) is 58.6 Å². The van der Waals surface area contributed by atoms with Gasteiger partial charge in [0.1, 0.15) is 5.75 Å². The number of benzene rings is 1. The summed E-state index contributed by atoms with van der Waals surface area (Å²) in [6.07, 6.45) is 0. The fourth-order valence-corrected chi connectivity index (χ4v) is 1.73. The Labute approximate surface area is 114 Å². The van der Waals surface area contributed by atoms with Crippen LogP contribution < -0.4 is 5.32 Å². The summed E-state index contributed by atoms with van der Waals surface area (Å²) in [5.41, 5.74) is 1.00. The molecule has 0 saturated carbocycles. The van der Waals surface area contributed by atoms with Crippen molar-refractivity contribution in [1.82, 2.24) is 5.32 Å². The van der Waals surface area contributed by atoms with Crippen molar-refractivity contribution in [3.05, 3.63) is 29.3 Å². The third kappa shape index (κ3) is 4.24. The number of phenols is 1. The standard InChI is InChI=1S/C15H23NO3/c1-5-19-9-13(10(2)3)16-15(18)12-8-6-7-11(4)14(12)17/h6-8,10,13,17H,5,9H2,1-4H3,(H,16,18). The highest BCUT2D eigenvalue weighted by molar-refractivity contribution is 5.97. The molecular weight excluding hydrogens is 242 g/mol. The molecule has 0 spiro atoms. The van der Waals surface area contributed by atoms with Gasteiger partial charge in [-0.3, -0.25) is 4.79 Å². The lowest BCUT2D eigenvalue weighted by atomic mass is 10.0. The number of hydrogen-bond acceptors (Lipinski definition) is 3. The van der Waals surface area contributed by atoms with E-state index in [2.05, 4.69) is 5.32 Å². The number of ether oxygens (including phenoxy) is 1. The molecule has 0 aliphatic carbocycles. The molecule has 0 radical (unpaired) electrons. The average molecular weight is 265 g/mol. The first-order chi connectivity index (χ1) is 8.97. The van der Waals surface area contributed by atoms with Crippen molar-refractivity contribution in [3.63, 3.8) is 0 Å². The normalized spacial score (nSPS) is 12.5. The second-order valence-corrected chi connectivity index (χ2v) is 4.95. The largest absolute Gasteiger partial charge is 0.507 e. The number of para-hydroxylation sites is 1. The molecule has 1 aromatic rings. The van der Waals surface area contributed by atoms with E-state index in [0.717, 1.165) is 0 Å². The van der Waals surface area contributed by atoms with E-state index < -0.39 is 0 Å². The molecule has 1 unspecified atom stereocenters. The van der Waals surface area contributed by atoms with Gasteiger partial charge in [-0.05, 0) is 31.4 Å². The molecule has 0 aliphatic rings. The predicted octanol–water partition coefficient (Wildman–Crippen LogP) is 2.49. The minimum Gasteiger partial charge on any atom is -0.507 e. The maximum atomic E-state index is 12.2. The predicted molar refractivity (Wildman–Crippen MR) is 75.4 cm³/mol. The van der Waals surface area contributed by atoms with Crippen LogP contribution in [-0.4, -0.2) is 30.3 Å². The molecule has 0 fully saturated rings. The Balaban J connectivity index is 2.79. The van der Waals surface area contributed by atoms with Gasteiger partial charge in [-0.15, -0.1) is 0 Å². The van der Waals surface area contributed by atoms with E-state index >= 15 is 0 Å². The first kappa shape index (κ1) is 15.5. The van der Waals surface area contributed by atoms with Crippen molar-refractivity contribution in [2.24, 2.45) is 5.92 Å². The minimum absolute atomic E-state index is 0.0407. The number of aromatic hydroxyl groups is 1. The Hall–Kier alpha value is -1.55. The number of rotatable bonds is 6. The number of nitrogens with one attached hydrogen (secondary N) is 1. The van der Waals surface area contributed by atoms with Gasteiger partial charge < -0.3 is 15.2 Å². The van der Waals surface area contributed by atoms with Crippen LogP contribution in [0.25, 0.3) is 0 Å². The highest BCUT2D eigenvalue weighted by Gasteiger charge is 2.19. The molecule has 19 heavy (non-hydrogen) atoms. The van der Waals surface area contributed by atoms with Crippen LogP contribution in [0.15, 0.2) is 18.2 Å². The highest BCUT2D eigenvalue weighted by atomic mass is 16.5. The van der Waals surface area contributed by atoms with Crippen LogP contribution in [0, 0.1) is 12.8 Å². The van der Waals surface area contributed by atoms with Gasteiger partial charge in [-0.2, -0.15) is 0 Å². The molecule has 0 saturated heterocycles. The molecule has 0 bridgehead atoms. The summed E-state index contributed by atoms with van der Waals surface area (Å²) >= 11 is 0. The molecule has 1 rings (SSSR count). The Morgan fingerprint density at radius 2 is 2.11 bits per heavy atom. The van der Waals surface area contributed by atoms with Crippen LogP contribution >= 0.6 is 0 Å². The molecule has 0 aromatic heterocycles. The van der Waals surface area contributed by atoms with E-state index in [9.17, 15) is 9.90 Å². The van der Waals surface area contributed by atoms with Gasteiger partial charge >= 0.3 is 0 Å². The lowest BCUT2D eigenvalue weighted by Crippen LogP contribution is -2.41. The van der Waals surface area contributed by atoms with Gasteiger partial charge in [0, 0.05) is 6.61 Å². The van der Waals surface area contributed by atoms with Gasteiger partial charge in [0.15, 0.2) is 0 Å². The van der Waals surface area contributed by atoms with E-state index in [1.165, 1.54) is 0 Å². The van der Waals surface area contributed by atoms with E-state index in [1.807, 2.05) is 20.8 Å². The van der Waals surface area contributed by atoms with Gasteiger partial charge in [0.2, 0.25) is 0 Å². The number of hydrogen-bond donors (Lipinski definition) is 2. The van der Waals surface area contributed by atoms with Gasteiger partial charge in [-0.25, -0.2) is 0 Å². The summed E-state index contributed by atoms with van der Waals surface area (Å²) in [5, 5.41) is 12.8. The summed E-state index contributed by atoms with van der Waals surface area (Å²) in [6.45, 7) is 8.85. The van der Waals surface area contributed by atoms with E-state index in [0.29, 0.717) is 24.3 Å². The Bertz CT molecular complexity index is 429. The van der Waals surface area contributed by atoms with E-state index in [-0.39, 0.29) is 23.6 Å². The summed E-state index contributed by atoms with van der Waals surface area (Å²) < 4.78 is 5.37. The fourth-order valence-electron chi connectivity index (χ4n) is 1.73. The number of carbonyl (C=O) groups excluding carboxylic acids is 1. The third-order valence-electron chi connectivity index (χ3n) is 3.11. The van der Waals surface area contributed by atoms with Crippen LogP contribution in [0.1, 0.15) is 36.7 Å². The molecule has 1 aromatic carbocycles.